The Labute approximate surface area is 230 Å². The number of carbonyl (C=O) groups excluding carboxylic acids is 1. The van der Waals surface area contributed by atoms with E-state index in [1.807, 2.05) is 0 Å². The van der Waals surface area contributed by atoms with Gasteiger partial charge in [0.25, 0.3) is 5.91 Å². The van der Waals surface area contributed by atoms with Gasteiger partial charge < -0.3 is 10.6 Å². The minimum Gasteiger partial charge on any atom is -0.327 e. The fraction of sp³-hybridized carbons (Fsp3) is 0.192. The van der Waals surface area contributed by atoms with Gasteiger partial charge in [-0.15, -0.1) is 0 Å². The zero-order chi connectivity index (χ0) is 28.2. The largest absolute Gasteiger partial charge is 0.428 e. The van der Waals surface area contributed by atoms with Crippen LogP contribution in [0.2, 0.25) is 10.0 Å². The van der Waals surface area contributed by atoms with Gasteiger partial charge in [-0.05, 0) is 42.1 Å². The summed E-state index contributed by atoms with van der Waals surface area (Å²) in [5.74, 6) is -1.49. The fourth-order valence-corrected chi connectivity index (χ4v) is 4.45. The number of alkyl halides is 3. The number of fused-ring (bicyclic) bond motifs is 1. The van der Waals surface area contributed by atoms with Crippen molar-refractivity contribution in [2.45, 2.75) is 11.8 Å². The van der Waals surface area contributed by atoms with Gasteiger partial charge in [-0.3, -0.25) is 25.4 Å². The molecule has 1 aliphatic heterocycles. The first kappa shape index (κ1) is 28.7. The van der Waals surface area contributed by atoms with E-state index in [9.17, 15) is 22.4 Å². The van der Waals surface area contributed by atoms with Gasteiger partial charge in [0.2, 0.25) is 5.60 Å². The summed E-state index contributed by atoms with van der Waals surface area (Å²) in [7, 11) is 1.78. The van der Waals surface area contributed by atoms with E-state index < -0.39 is 39.1 Å². The van der Waals surface area contributed by atoms with E-state index in [0.29, 0.717) is 29.5 Å². The van der Waals surface area contributed by atoms with Gasteiger partial charge in [0.05, 0.1) is 22.3 Å². The molecule has 0 saturated heterocycles. The number of carbonyl (C=O) groups is 1. The molecule has 0 spiro atoms. The molecule has 1 heterocycles. The molecule has 1 amide bonds. The molecule has 7 nitrogen and oxygen atoms in total. The van der Waals surface area contributed by atoms with Crippen LogP contribution in [-0.4, -0.2) is 32.3 Å². The predicted molar refractivity (Wildman–Crippen MR) is 140 cm³/mol. The summed E-state index contributed by atoms with van der Waals surface area (Å²) in [6, 6.07) is 11.3. The third-order valence-corrected chi connectivity index (χ3v) is 6.42. The lowest BCUT2D eigenvalue weighted by Crippen LogP contribution is -2.42. The van der Waals surface area contributed by atoms with E-state index >= 15 is 0 Å². The molecule has 1 atom stereocenters. The molecule has 1 aliphatic rings. The van der Waals surface area contributed by atoms with Crippen molar-refractivity contribution >= 4 is 45.6 Å². The number of halogens is 6. The number of hydrogen-bond donors (Lipinski definition) is 4. The summed E-state index contributed by atoms with van der Waals surface area (Å²) < 4.78 is 57.2. The normalized spacial score (nSPS) is 17.4. The Balaban J connectivity index is 1.68. The van der Waals surface area contributed by atoms with Crippen molar-refractivity contribution in [1.82, 2.24) is 21.6 Å². The number of hydroxylamine groups is 2. The molecule has 0 fully saturated rings. The number of benzene rings is 3. The van der Waals surface area contributed by atoms with E-state index in [1.165, 1.54) is 24.5 Å². The SMILES string of the molecule is CNCCONC=CNC(=O)c1ccc(C2=CC(c3cc(Cl)c(F)c(Cl)c3)(C(F)(F)F)ON2)c2ccccc12. The topological polar surface area (TPSA) is 83.7 Å². The highest BCUT2D eigenvalue weighted by molar-refractivity contribution is 6.35. The second-order valence-corrected chi connectivity index (χ2v) is 9.15. The van der Waals surface area contributed by atoms with Crippen LogP contribution in [0.15, 0.2) is 67.0 Å². The minimum absolute atomic E-state index is 0.0186. The van der Waals surface area contributed by atoms with Crippen LogP contribution in [0.4, 0.5) is 17.6 Å². The molecule has 3 aromatic rings. The molecule has 39 heavy (non-hydrogen) atoms. The number of rotatable bonds is 9. The maximum atomic E-state index is 14.4. The summed E-state index contributed by atoms with van der Waals surface area (Å²) >= 11 is 11.6. The zero-order valence-corrected chi connectivity index (χ0v) is 21.8. The highest BCUT2D eigenvalue weighted by atomic mass is 35.5. The maximum absolute atomic E-state index is 14.4. The predicted octanol–water partition coefficient (Wildman–Crippen LogP) is 5.56. The van der Waals surface area contributed by atoms with Gasteiger partial charge in [-0.1, -0.05) is 53.5 Å². The smallest absolute Gasteiger partial charge is 0.327 e. The highest BCUT2D eigenvalue weighted by Gasteiger charge is 2.60. The van der Waals surface area contributed by atoms with Crippen molar-refractivity contribution in [1.29, 1.82) is 0 Å². The lowest BCUT2D eigenvalue weighted by molar-refractivity contribution is -0.269. The van der Waals surface area contributed by atoms with E-state index in [4.69, 9.17) is 32.9 Å². The summed E-state index contributed by atoms with van der Waals surface area (Å²) in [5, 5.41) is 5.32. The van der Waals surface area contributed by atoms with Crippen molar-refractivity contribution in [2.75, 3.05) is 20.2 Å². The molecule has 0 bridgehead atoms. The fourth-order valence-electron chi connectivity index (χ4n) is 3.97. The number of nitrogens with one attached hydrogen (secondary N) is 4. The van der Waals surface area contributed by atoms with Gasteiger partial charge in [0.15, 0.2) is 5.82 Å². The van der Waals surface area contributed by atoms with E-state index in [1.54, 1.807) is 31.3 Å². The van der Waals surface area contributed by atoms with Gasteiger partial charge in [-0.2, -0.15) is 13.2 Å². The van der Waals surface area contributed by atoms with Crippen molar-refractivity contribution in [3.05, 3.63) is 99.6 Å². The Bertz CT molecular complexity index is 1430. The van der Waals surface area contributed by atoms with Crippen LogP contribution < -0.4 is 21.6 Å². The number of amides is 1. The van der Waals surface area contributed by atoms with Crippen molar-refractivity contribution < 1.29 is 32.0 Å². The van der Waals surface area contributed by atoms with Crippen molar-refractivity contribution in [2.24, 2.45) is 0 Å². The van der Waals surface area contributed by atoms with Crippen LogP contribution in [0.25, 0.3) is 16.5 Å². The minimum atomic E-state index is -4.97. The Morgan fingerprint density at radius 1 is 1.10 bits per heavy atom. The van der Waals surface area contributed by atoms with E-state index in [0.717, 1.165) is 18.2 Å². The van der Waals surface area contributed by atoms with Crippen LogP contribution in [0.1, 0.15) is 21.5 Å². The van der Waals surface area contributed by atoms with Gasteiger partial charge >= 0.3 is 6.18 Å². The third-order valence-electron chi connectivity index (χ3n) is 5.87. The molecule has 3 aromatic carbocycles. The summed E-state index contributed by atoms with van der Waals surface area (Å²) in [4.78, 5) is 23.1. The van der Waals surface area contributed by atoms with E-state index in [-0.39, 0.29) is 11.3 Å². The van der Waals surface area contributed by atoms with Crippen LogP contribution in [-0.2, 0) is 15.3 Å². The Hall–Kier alpha value is -3.35. The highest BCUT2D eigenvalue weighted by Crippen LogP contribution is 2.49. The first-order valence-electron chi connectivity index (χ1n) is 11.5. The number of likely N-dealkylation sites (N-methyl/N-ethyl adjacent to an activating group) is 1. The third kappa shape index (κ3) is 5.82. The summed E-state index contributed by atoms with van der Waals surface area (Å²) in [6.07, 6.45) is -1.38. The Kier molecular flexibility index (Phi) is 8.67. The molecule has 0 radical (unpaired) electrons. The zero-order valence-electron chi connectivity index (χ0n) is 20.3. The van der Waals surface area contributed by atoms with Crippen molar-refractivity contribution in [3.8, 4) is 0 Å². The summed E-state index contributed by atoms with van der Waals surface area (Å²) in [6.45, 7) is 1.04. The van der Waals surface area contributed by atoms with Gasteiger partial charge in [0, 0.05) is 35.6 Å². The first-order valence-corrected chi connectivity index (χ1v) is 12.2. The molecule has 13 heteroatoms. The molecule has 0 aliphatic carbocycles. The molecule has 0 aromatic heterocycles. The second kappa shape index (κ2) is 11.8. The lowest BCUT2D eigenvalue weighted by atomic mass is 9.90. The van der Waals surface area contributed by atoms with Gasteiger partial charge in [0.1, 0.15) is 0 Å². The van der Waals surface area contributed by atoms with Crippen LogP contribution in [0, 0.1) is 5.82 Å². The molecule has 4 N–H and O–H groups in total. The van der Waals surface area contributed by atoms with Crippen molar-refractivity contribution in [3.63, 3.8) is 0 Å². The molecule has 206 valence electrons. The monoisotopic (exact) mass is 584 g/mol. The first-order chi connectivity index (χ1) is 18.6. The average Bonchev–Trinajstić information content (AvgIpc) is 3.37. The van der Waals surface area contributed by atoms with Gasteiger partial charge in [-0.25, -0.2) is 4.39 Å². The molecular formula is C26H22Cl2F4N4O3. The Morgan fingerprint density at radius 3 is 2.46 bits per heavy atom. The number of hydrogen-bond acceptors (Lipinski definition) is 6. The van der Waals surface area contributed by atoms with E-state index in [2.05, 4.69) is 21.6 Å². The lowest BCUT2D eigenvalue weighted by Gasteiger charge is -2.28. The van der Waals surface area contributed by atoms with Crippen LogP contribution in [0.5, 0.6) is 0 Å². The molecule has 1 unspecified atom stereocenters. The van der Waals surface area contributed by atoms with Crippen LogP contribution in [0.3, 0.4) is 0 Å². The average molecular weight is 585 g/mol. The molecular weight excluding hydrogens is 563 g/mol. The standard InChI is InChI=1S/C26H22Cl2F4N4O3/c1-33-10-11-38-35-9-8-34-24(37)19-7-6-18(16-4-2-3-5-17(16)19)22-14-25(39-36-22,26(30,31)32)15-12-20(27)23(29)21(28)13-15/h2-9,12-14,33,35-36H,10-11H2,1H3,(H,34,37). The van der Waals surface area contributed by atoms with Crippen LogP contribution >= 0.6 is 23.2 Å². The molecule has 0 saturated carbocycles. The second-order valence-electron chi connectivity index (χ2n) is 8.33. The maximum Gasteiger partial charge on any atom is 0.428 e. The Morgan fingerprint density at radius 2 is 1.79 bits per heavy atom. The molecule has 4 rings (SSSR count). The quantitative estimate of drug-likeness (QED) is 0.114. The summed E-state index contributed by atoms with van der Waals surface area (Å²) in [5.41, 5.74) is 2.00.